The number of carboxylic acids is 1. The van der Waals surface area contributed by atoms with E-state index < -0.39 is 5.97 Å². The van der Waals surface area contributed by atoms with E-state index in [4.69, 9.17) is 5.11 Å². The molecule has 0 saturated heterocycles. The molecule has 0 aliphatic carbocycles. The third kappa shape index (κ3) is 5.30. The molecule has 18 heavy (non-hydrogen) atoms. The number of aliphatic carboxylic acids is 1. The number of rotatable bonds is 6. The molecule has 4 nitrogen and oxygen atoms in total. The molecule has 1 N–H and O–H groups in total. The van der Waals surface area contributed by atoms with Crippen molar-refractivity contribution in [2.75, 3.05) is 13.6 Å². The van der Waals surface area contributed by atoms with E-state index in [-0.39, 0.29) is 12.5 Å². The number of nitrogens with zero attached hydrogens (tertiary/aromatic N) is 1. The normalized spacial score (nSPS) is 10.5. The van der Waals surface area contributed by atoms with Crippen LogP contribution in [0.2, 0.25) is 0 Å². The number of allylic oxidation sites excluding steroid dienone is 1. The van der Waals surface area contributed by atoms with Crippen LogP contribution < -0.4 is 0 Å². The van der Waals surface area contributed by atoms with E-state index in [0.717, 1.165) is 5.56 Å². The second-order valence-corrected chi connectivity index (χ2v) is 4.00. The van der Waals surface area contributed by atoms with Crippen molar-refractivity contribution in [1.29, 1.82) is 0 Å². The van der Waals surface area contributed by atoms with E-state index >= 15 is 0 Å². The van der Waals surface area contributed by atoms with Crippen LogP contribution in [-0.4, -0.2) is 35.5 Å². The van der Waals surface area contributed by atoms with Gasteiger partial charge in [-0.15, -0.1) is 0 Å². The minimum Gasteiger partial charge on any atom is -0.480 e. The van der Waals surface area contributed by atoms with Crippen molar-refractivity contribution in [2.45, 2.75) is 12.8 Å². The molecule has 1 amide bonds. The lowest BCUT2D eigenvalue weighted by Gasteiger charge is -2.13. The Balaban J connectivity index is 2.31. The summed E-state index contributed by atoms with van der Waals surface area (Å²) in [6.07, 6.45) is 4.80. The van der Waals surface area contributed by atoms with E-state index in [1.54, 1.807) is 0 Å². The molecule has 0 saturated carbocycles. The molecule has 0 unspecified atom stereocenters. The van der Waals surface area contributed by atoms with Crippen molar-refractivity contribution in [1.82, 2.24) is 4.90 Å². The summed E-state index contributed by atoms with van der Waals surface area (Å²) in [5, 5.41) is 8.55. The summed E-state index contributed by atoms with van der Waals surface area (Å²) in [5.41, 5.74) is 1.09. The quantitative estimate of drug-likeness (QED) is 0.836. The Labute approximate surface area is 107 Å². The molecular formula is C14H17NO3. The van der Waals surface area contributed by atoms with E-state index in [2.05, 4.69) is 0 Å². The van der Waals surface area contributed by atoms with Crippen molar-refractivity contribution < 1.29 is 14.7 Å². The molecule has 0 atom stereocenters. The first-order chi connectivity index (χ1) is 8.59. The van der Waals surface area contributed by atoms with Gasteiger partial charge in [0.2, 0.25) is 5.91 Å². The number of benzene rings is 1. The van der Waals surface area contributed by atoms with Gasteiger partial charge in [-0.05, 0) is 12.0 Å². The zero-order chi connectivity index (χ0) is 13.4. The highest BCUT2D eigenvalue weighted by molar-refractivity contribution is 5.81. The summed E-state index contributed by atoms with van der Waals surface area (Å²) in [4.78, 5) is 23.2. The van der Waals surface area contributed by atoms with Gasteiger partial charge in [0, 0.05) is 13.5 Å². The lowest BCUT2D eigenvalue weighted by molar-refractivity contribution is -0.143. The largest absolute Gasteiger partial charge is 0.480 e. The Morgan fingerprint density at radius 2 is 1.94 bits per heavy atom. The average molecular weight is 247 g/mol. The minimum atomic E-state index is -0.995. The van der Waals surface area contributed by atoms with Gasteiger partial charge in [-0.3, -0.25) is 9.59 Å². The van der Waals surface area contributed by atoms with Gasteiger partial charge >= 0.3 is 5.97 Å². The van der Waals surface area contributed by atoms with Gasteiger partial charge in [0.05, 0.1) is 0 Å². The topological polar surface area (TPSA) is 57.6 Å². The van der Waals surface area contributed by atoms with Gasteiger partial charge in [0.1, 0.15) is 6.54 Å². The predicted molar refractivity (Wildman–Crippen MR) is 70.0 cm³/mol. The van der Waals surface area contributed by atoms with Crippen LogP contribution in [0.5, 0.6) is 0 Å². The maximum absolute atomic E-state index is 11.5. The maximum Gasteiger partial charge on any atom is 0.323 e. The Hall–Kier alpha value is -2.10. The minimum absolute atomic E-state index is 0.157. The fourth-order valence-corrected chi connectivity index (χ4v) is 1.47. The van der Waals surface area contributed by atoms with Gasteiger partial charge in [0.25, 0.3) is 0 Å². The number of hydrogen-bond acceptors (Lipinski definition) is 2. The van der Waals surface area contributed by atoms with Crippen LogP contribution >= 0.6 is 0 Å². The molecule has 1 aromatic carbocycles. The highest BCUT2D eigenvalue weighted by Gasteiger charge is 2.10. The van der Waals surface area contributed by atoms with Crippen molar-refractivity contribution in [2.24, 2.45) is 0 Å². The standard InChI is InChI=1S/C14H17NO3/c1-15(11-14(17)18)13(16)10-6-5-9-12-7-3-2-4-8-12/h2-5,7-9H,6,10-11H2,1H3,(H,17,18)/b9-5+. The molecule has 0 heterocycles. The fourth-order valence-electron chi connectivity index (χ4n) is 1.47. The van der Waals surface area contributed by atoms with Crippen LogP contribution in [0.1, 0.15) is 18.4 Å². The Bertz CT molecular complexity index is 426. The smallest absolute Gasteiger partial charge is 0.323 e. The summed E-state index contributed by atoms with van der Waals surface area (Å²) >= 11 is 0. The Morgan fingerprint density at radius 3 is 2.56 bits per heavy atom. The van der Waals surface area contributed by atoms with E-state index in [9.17, 15) is 9.59 Å². The maximum atomic E-state index is 11.5. The molecule has 0 aliphatic heterocycles. The first kappa shape index (κ1) is 14.0. The lowest BCUT2D eigenvalue weighted by Crippen LogP contribution is -2.31. The fraction of sp³-hybridized carbons (Fsp3) is 0.286. The third-order valence-corrected chi connectivity index (χ3v) is 2.43. The van der Waals surface area contributed by atoms with Crippen LogP contribution in [0.15, 0.2) is 36.4 Å². The van der Waals surface area contributed by atoms with E-state index in [1.165, 1.54) is 11.9 Å². The molecule has 0 aromatic heterocycles. The van der Waals surface area contributed by atoms with Crippen molar-refractivity contribution >= 4 is 18.0 Å². The average Bonchev–Trinajstić information content (AvgIpc) is 2.34. The molecule has 0 bridgehead atoms. The summed E-state index contributed by atoms with van der Waals surface area (Å²) in [6, 6.07) is 9.81. The zero-order valence-corrected chi connectivity index (χ0v) is 10.4. The molecular weight excluding hydrogens is 230 g/mol. The van der Waals surface area contributed by atoms with Gasteiger partial charge in [-0.2, -0.15) is 0 Å². The molecule has 0 spiro atoms. The molecule has 1 aromatic rings. The summed E-state index contributed by atoms with van der Waals surface area (Å²) in [7, 11) is 1.50. The van der Waals surface area contributed by atoms with Gasteiger partial charge < -0.3 is 10.0 Å². The van der Waals surface area contributed by atoms with Crippen molar-refractivity contribution in [3.63, 3.8) is 0 Å². The molecule has 0 aliphatic rings. The van der Waals surface area contributed by atoms with Crippen molar-refractivity contribution in [3.05, 3.63) is 42.0 Å². The van der Waals surface area contributed by atoms with Crippen LogP contribution in [-0.2, 0) is 9.59 Å². The second kappa shape index (κ2) is 7.27. The van der Waals surface area contributed by atoms with E-state index in [1.807, 2.05) is 42.5 Å². The zero-order valence-electron chi connectivity index (χ0n) is 10.4. The van der Waals surface area contributed by atoms with Gasteiger partial charge in [-0.1, -0.05) is 42.5 Å². The summed E-state index contributed by atoms with van der Waals surface area (Å²) < 4.78 is 0. The highest BCUT2D eigenvalue weighted by atomic mass is 16.4. The second-order valence-electron chi connectivity index (χ2n) is 4.00. The number of carbonyl (C=O) groups is 2. The Kier molecular flexibility index (Phi) is 5.64. The summed E-state index contributed by atoms with van der Waals surface area (Å²) in [5.74, 6) is -1.15. The first-order valence-corrected chi connectivity index (χ1v) is 5.77. The predicted octanol–water partition coefficient (Wildman–Crippen LogP) is 2.02. The van der Waals surface area contributed by atoms with Crippen LogP contribution in [0, 0.1) is 0 Å². The SMILES string of the molecule is CN(CC(=O)O)C(=O)CC/C=C/c1ccccc1. The molecule has 0 radical (unpaired) electrons. The van der Waals surface area contributed by atoms with Crippen LogP contribution in [0.4, 0.5) is 0 Å². The van der Waals surface area contributed by atoms with Gasteiger partial charge in [0.15, 0.2) is 0 Å². The van der Waals surface area contributed by atoms with Gasteiger partial charge in [-0.25, -0.2) is 0 Å². The van der Waals surface area contributed by atoms with E-state index in [0.29, 0.717) is 12.8 Å². The molecule has 4 heteroatoms. The Morgan fingerprint density at radius 1 is 1.28 bits per heavy atom. The molecule has 0 fully saturated rings. The number of likely N-dealkylation sites (N-methyl/N-ethyl adjacent to an activating group) is 1. The monoisotopic (exact) mass is 247 g/mol. The summed E-state index contributed by atoms with van der Waals surface area (Å²) in [6.45, 7) is -0.249. The lowest BCUT2D eigenvalue weighted by atomic mass is 10.2. The number of carbonyl (C=O) groups excluding carboxylic acids is 1. The van der Waals surface area contributed by atoms with Crippen LogP contribution in [0.3, 0.4) is 0 Å². The third-order valence-electron chi connectivity index (χ3n) is 2.43. The van der Waals surface area contributed by atoms with Crippen molar-refractivity contribution in [3.8, 4) is 0 Å². The number of hydrogen-bond donors (Lipinski definition) is 1. The van der Waals surface area contributed by atoms with Crippen LogP contribution in [0.25, 0.3) is 6.08 Å². The molecule has 96 valence electrons. The highest BCUT2D eigenvalue weighted by Crippen LogP contribution is 2.04. The molecule has 1 rings (SSSR count). The number of carboxylic acid groups (broad SMARTS) is 1. The number of amides is 1. The first-order valence-electron chi connectivity index (χ1n) is 5.77.